The molecule has 0 bridgehead atoms. The Labute approximate surface area is 204 Å². The van der Waals surface area contributed by atoms with Crippen LogP contribution in [0.5, 0.6) is 0 Å². The summed E-state index contributed by atoms with van der Waals surface area (Å²) in [6.45, 7) is 6.96. The second-order valence-electron chi connectivity index (χ2n) is 9.51. The average molecular weight is 454 g/mol. The molecule has 0 amide bonds. The Morgan fingerprint density at radius 1 is 0.941 bits per heavy atom. The van der Waals surface area contributed by atoms with E-state index in [1.165, 1.54) is 16.7 Å². The molecule has 0 N–H and O–H groups in total. The molecule has 0 unspecified atom stereocenters. The van der Waals surface area contributed by atoms with Gasteiger partial charge in [-0.15, -0.1) is 0 Å². The van der Waals surface area contributed by atoms with Gasteiger partial charge in [-0.25, -0.2) is 0 Å². The fourth-order valence-corrected chi connectivity index (χ4v) is 4.50. The van der Waals surface area contributed by atoms with Crippen molar-refractivity contribution < 1.29 is 4.79 Å². The third kappa shape index (κ3) is 5.82. The average Bonchev–Trinajstić information content (AvgIpc) is 2.83. The zero-order chi connectivity index (χ0) is 24.1. The summed E-state index contributed by atoms with van der Waals surface area (Å²) in [4.78, 5) is 20.3. The van der Waals surface area contributed by atoms with Crippen LogP contribution in [-0.4, -0.2) is 62.9 Å². The topological polar surface area (TPSA) is 26.8 Å². The van der Waals surface area contributed by atoms with Gasteiger partial charge in [-0.05, 0) is 80.2 Å². The monoisotopic (exact) mass is 453 g/mol. The van der Waals surface area contributed by atoms with Gasteiger partial charge in [-0.2, -0.15) is 0 Å². The van der Waals surface area contributed by atoms with Crippen molar-refractivity contribution in [3.8, 4) is 11.1 Å². The number of hydrogen-bond acceptors (Lipinski definition) is 4. The summed E-state index contributed by atoms with van der Waals surface area (Å²) in [7, 11) is 6.28. The van der Waals surface area contributed by atoms with Gasteiger partial charge in [0.25, 0.3) is 0 Å². The van der Waals surface area contributed by atoms with E-state index in [9.17, 15) is 4.79 Å². The van der Waals surface area contributed by atoms with Crippen LogP contribution >= 0.6 is 0 Å². The fraction of sp³-hybridized carbons (Fsp3) is 0.300. The number of ketones is 1. The lowest BCUT2D eigenvalue weighted by Crippen LogP contribution is -2.44. The van der Waals surface area contributed by atoms with E-state index in [-0.39, 0.29) is 5.78 Å². The molecule has 1 saturated heterocycles. The predicted molar refractivity (Wildman–Crippen MR) is 144 cm³/mol. The van der Waals surface area contributed by atoms with Crippen LogP contribution in [0.1, 0.15) is 27.0 Å². The molecule has 1 aliphatic rings. The van der Waals surface area contributed by atoms with Crippen molar-refractivity contribution in [1.82, 2.24) is 9.80 Å². The number of nitrogens with zero attached hydrogens (tertiary/aromatic N) is 3. The van der Waals surface area contributed by atoms with Gasteiger partial charge < -0.3 is 14.7 Å². The van der Waals surface area contributed by atoms with E-state index < -0.39 is 0 Å². The molecule has 4 rings (SSSR count). The number of hydrogen-bond donors (Lipinski definition) is 0. The summed E-state index contributed by atoms with van der Waals surface area (Å²) < 4.78 is 0. The maximum absolute atomic E-state index is 13.4. The molecule has 0 atom stereocenters. The lowest BCUT2D eigenvalue weighted by atomic mass is 9.96. The first-order valence-corrected chi connectivity index (χ1v) is 12.0. The first-order valence-electron chi connectivity index (χ1n) is 12.0. The van der Waals surface area contributed by atoms with Crippen molar-refractivity contribution in [2.24, 2.45) is 0 Å². The Bertz CT molecular complexity index is 1170. The van der Waals surface area contributed by atoms with Crippen LogP contribution in [0, 0.1) is 6.92 Å². The van der Waals surface area contributed by atoms with Crippen LogP contribution in [0.4, 0.5) is 5.69 Å². The standard InChI is InChI=1S/C30H35N3O/c1-23-9-5-8-12-29(23)26-19-27(21-28(20-26)33-17-15-32(4)16-18-33)30(34)14-13-24-10-6-7-11-25(24)22-31(2)3/h5-14,19-21H,15-18,22H2,1-4H3. The number of carbonyl (C=O) groups excluding carboxylic acids is 1. The van der Waals surface area contributed by atoms with E-state index in [4.69, 9.17) is 0 Å². The van der Waals surface area contributed by atoms with Crippen LogP contribution in [0.25, 0.3) is 17.2 Å². The molecule has 1 aliphatic heterocycles. The minimum Gasteiger partial charge on any atom is -0.369 e. The number of likely N-dealkylation sites (N-methyl/N-ethyl adjacent to an activating group) is 1. The molecule has 176 valence electrons. The van der Waals surface area contributed by atoms with Crippen molar-refractivity contribution in [3.05, 3.63) is 95.1 Å². The molecule has 0 saturated carbocycles. The third-order valence-corrected chi connectivity index (χ3v) is 6.48. The molecule has 4 heteroatoms. The van der Waals surface area contributed by atoms with Crippen LogP contribution in [0.3, 0.4) is 0 Å². The minimum atomic E-state index is 0.0328. The minimum absolute atomic E-state index is 0.0328. The summed E-state index contributed by atoms with van der Waals surface area (Å²) in [5, 5.41) is 0. The SMILES string of the molecule is Cc1ccccc1-c1cc(C(=O)C=Cc2ccccc2CN(C)C)cc(N2CCN(C)CC2)c1. The van der Waals surface area contributed by atoms with E-state index in [0.717, 1.165) is 55.1 Å². The van der Waals surface area contributed by atoms with E-state index >= 15 is 0 Å². The molecule has 0 radical (unpaired) electrons. The summed E-state index contributed by atoms with van der Waals surface area (Å²) >= 11 is 0. The number of benzene rings is 3. The molecule has 1 fully saturated rings. The van der Waals surface area contributed by atoms with E-state index in [1.807, 2.05) is 24.3 Å². The van der Waals surface area contributed by atoms with Crippen molar-refractivity contribution in [2.75, 3.05) is 52.2 Å². The summed E-state index contributed by atoms with van der Waals surface area (Å²) in [6, 6.07) is 23.0. The number of anilines is 1. The van der Waals surface area contributed by atoms with Crippen molar-refractivity contribution in [3.63, 3.8) is 0 Å². The van der Waals surface area contributed by atoms with Crippen LogP contribution < -0.4 is 4.90 Å². The largest absolute Gasteiger partial charge is 0.369 e. The maximum atomic E-state index is 13.4. The van der Waals surface area contributed by atoms with E-state index in [2.05, 4.69) is 91.3 Å². The van der Waals surface area contributed by atoms with Gasteiger partial charge in [0.1, 0.15) is 0 Å². The highest BCUT2D eigenvalue weighted by Crippen LogP contribution is 2.30. The number of allylic oxidation sites excluding steroid dienone is 1. The zero-order valence-corrected chi connectivity index (χ0v) is 20.8. The summed E-state index contributed by atoms with van der Waals surface area (Å²) in [5.41, 5.74) is 7.63. The Morgan fingerprint density at radius 3 is 2.38 bits per heavy atom. The van der Waals surface area contributed by atoms with Crippen molar-refractivity contribution >= 4 is 17.5 Å². The third-order valence-electron chi connectivity index (χ3n) is 6.48. The second kappa shape index (κ2) is 10.8. The van der Waals surface area contributed by atoms with Gasteiger partial charge in [0.05, 0.1) is 0 Å². The highest BCUT2D eigenvalue weighted by molar-refractivity contribution is 6.08. The van der Waals surface area contributed by atoms with Crippen molar-refractivity contribution in [2.45, 2.75) is 13.5 Å². The first kappa shape index (κ1) is 23.9. The van der Waals surface area contributed by atoms with Gasteiger partial charge in [0, 0.05) is 44.0 Å². The second-order valence-corrected chi connectivity index (χ2v) is 9.51. The predicted octanol–water partition coefficient (Wildman–Crippen LogP) is 5.37. The molecular formula is C30H35N3O. The van der Waals surface area contributed by atoms with Crippen LogP contribution in [0.15, 0.2) is 72.8 Å². The normalized spacial score (nSPS) is 14.8. The number of aryl methyl sites for hydroxylation is 1. The molecular weight excluding hydrogens is 418 g/mol. The fourth-order valence-electron chi connectivity index (χ4n) is 4.50. The zero-order valence-electron chi connectivity index (χ0n) is 20.8. The van der Waals surface area contributed by atoms with Crippen molar-refractivity contribution in [1.29, 1.82) is 0 Å². The Balaban J connectivity index is 1.68. The molecule has 0 aliphatic carbocycles. The molecule has 34 heavy (non-hydrogen) atoms. The Kier molecular flexibility index (Phi) is 7.61. The molecule has 3 aromatic carbocycles. The first-order chi connectivity index (χ1) is 16.4. The van der Waals surface area contributed by atoms with Gasteiger partial charge in [-0.1, -0.05) is 54.6 Å². The Hall–Kier alpha value is -3.21. The lowest BCUT2D eigenvalue weighted by molar-refractivity contribution is 0.104. The number of carbonyl (C=O) groups is 1. The van der Waals surface area contributed by atoms with Gasteiger partial charge >= 0.3 is 0 Å². The quantitative estimate of drug-likeness (QED) is 0.355. The molecule has 1 heterocycles. The van der Waals surface area contributed by atoms with E-state index in [0.29, 0.717) is 0 Å². The molecule has 3 aromatic rings. The molecule has 0 spiro atoms. The van der Waals surface area contributed by atoms with Crippen LogP contribution in [-0.2, 0) is 6.54 Å². The highest BCUT2D eigenvalue weighted by atomic mass is 16.1. The number of piperazine rings is 1. The summed E-state index contributed by atoms with van der Waals surface area (Å²) in [6.07, 6.45) is 3.68. The number of rotatable bonds is 7. The van der Waals surface area contributed by atoms with Gasteiger partial charge in [0.15, 0.2) is 5.78 Å². The van der Waals surface area contributed by atoms with Gasteiger partial charge in [-0.3, -0.25) is 4.79 Å². The van der Waals surface area contributed by atoms with E-state index in [1.54, 1.807) is 6.08 Å². The van der Waals surface area contributed by atoms with Crippen LogP contribution in [0.2, 0.25) is 0 Å². The smallest absolute Gasteiger partial charge is 0.185 e. The maximum Gasteiger partial charge on any atom is 0.185 e. The Morgan fingerprint density at radius 2 is 1.65 bits per heavy atom. The van der Waals surface area contributed by atoms with Gasteiger partial charge in [0.2, 0.25) is 0 Å². The highest BCUT2D eigenvalue weighted by Gasteiger charge is 2.17. The summed E-state index contributed by atoms with van der Waals surface area (Å²) in [5.74, 6) is 0.0328. The lowest BCUT2D eigenvalue weighted by Gasteiger charge is -2.34. The molecule has 0 aromatic heterocycles. The molecule has 4 nitrogen and oxygen atoms in total.